The molecule has 0 radical (unpaired) electrons. The molecule has 53 heavy (non-hydrogen) atoms. The largest absolute Gasteiger partial charge is 0.456 e. The minimum Gasteiger partial charge on any atom is -0.456 e. The minimum absolute atomic E-state index is 0.904. The van der Waals surface area contributed by atoms with Crippen LogP contribution in [-0.2, 0) is 0 Å². The molecule has 9 aromatic carbocycles. The first-order valence-electron chi connectivity index (χ1n) is 18.0. The smallest absolute Gasteiger partial charge is 0.136 e. The van der Waals surface area contributed by atoms with Crippen LogP contribution in [0, 0.1) is 0 Å². The average Bonchev–Trinajstić information content (AvgIpc) is 3.93. The highest BCUT2D eigenvalue weighted by molar-refractivity contribution is 7.19. The summed E-state index contributed by atoms with van der Waals surface area (Å²) in [6.45, 7) is 0. The number of thiophene rings is 1. The van der Waals surface area contributed by atoms with E-state index in [2.05, 4.69) is 163 Å². The number of rotatable bonds is 3. The van der Waals surface area contributed by atoms with E-state index in [0.717, 1.165) is 33.1 Å². The average molecular weight is 693 g/mol. The maximum atomic E-state index is 6.56. The third kappa shape index (κ3) is 4.08. The van der Waals surface area contributed by atoms with Crippen molar-refractivity contribution in [2.75, 3.05) is 0 Å². The molecule has 0 aliphatic carbocycles. The zero-order chi connectivity index (χ0) is 34.6. The summed E-state index contributed by atoms with van der Waals surface area (Å²) in [6, 6.07) is 59.0. The summed E-state index contributed by atoms with van der Waals surface area (Å²) in [5.74, 6) is 0. The lowest BCUT2D eigenvalue weighted by molar-refractivity contribution is 0.669. The van der Waals surface area contributed by atoms with Crippen molar-refractivity contribution >= 4 is 97.6 Å². The Morgan fingerprint density at radius 2 is 0.906 bits per heavy atom. The number of furan rings is 2. The predicted molar refractivity (Wildman–Crippen MR) is 225 cm³/mol. The van der Waals surface area contributed by atoms with Crippen LogP contribution in [0.4, 0.5) is 0 Å². The van der Waals surface area contributed by atoms with Crippen molar-refractivity contribution in [3.63, 3.8) is 0 Å². The molecule has 0 N–H and O–H groups in total. The molecule has 0 aliphatic rings. The zero-order valence-electron chi connectivity index (χ0n) is 28.4. The van der Waals surface area contributed by atoms with Crippen LogP contribution in [0.3, 0.4) is 0 Å². The van der Waals surface area contributed by atoms with Gasteiger partial charge in [0.25, 0.3) is 0 Å². The number of hydrogen-bond donors (Lipinski definition) is 0. The topological polar surface area (TPSA) is 26.3 Å². The van der Waals surface area contributed by atoms with Gasteiger partial charge in [0.15, 0.2) is 0 Å². The maximum absolute atomic E-state index is 6.56. The monoisotopic (exact) mass is 692 g/mol. The van der Waals surface area contributed by atoms with E-state index >= 15 is 0 Å². The quantitative estimate of drug-likeness (QED) is 0.172. The van der Waals surface area contributed by atoms with Crippen LogP contribution in [-0.4, -0.2) is 0 Å². The highest BCUT2D eigenvalue weighted by atomic mass is 32.1. The van der Waals surface area contributed by atoms with Crippen molar-refractivity contribution < 1.29 is 8.83 Å². The fourth-order valence-corrected chi connectivity index (χ4v) is 10.0. The van der Waals surface area contributed by atoms with E-state index in [-0.39, 0.29) is 0 Å². The number of benzene rings is 9. The van der Waals surface area contributed by atoms with Crippen molar-refractivity contribution in [2.45, 2.75) is 0 Å². The Hall–Kier alpha value is -6.68. The van der Waals surface area contributed by atoms with Crippen LogP contribution in [0.15, 0.2) is 178 Å². The zero-order valence-corrected chi connectivity index (χ0v) is 29.2. The van der Waals surface area contributed by atoms with Gasteiger partial charge < -0.3 is 8.83 Å². The van der Waals surface area contributed by atoms with Gasteiger partial charge >= 0.3 is 0 Å². The van der Waals surface area contributed by atoms with Crippen LogP contribution in [0.2, 0.25) is 0 Å². The Bertz CT molecular complexity index is 3390. The molecule has 0 spiro atoms. The van der Waals surface area contributed by atoms with Gasteiger partial charge in [-0.05, 0) is 102 Å². The summed E-state index contributed by atoms with van der Waals surface area (Å²) in [5, 5.41) is 15.5. The van der Waals surface area contributed by atoms with Crippen LogP contribution in [0.5, 0.6) is 0 Å². The Morgan fingerprint density at radius 1 is 0.321 bits per heavy atom. The molecule has 0 bridgehead atoms. The van der Waals surface area contributed by atoms with Gasteiger partial charge in [-0.2, -0.15) is 0 Å². The molecule has 2 nitrogen and oxygen atoms in total. The van der Waals surface area contributed by atoms with E-state index in [1.54, 1.807) is 11.3 Å². The molecule has 0 unspecified atom stereocenters. The second-order valence-corrected chi connectivity index (χ2v) is 14.8. The van der Waals surface area contributed by atoms with Crippen LogP contribution in [0.25, 0.3) is 120 Å². The fraction of sp³-hybridized carbons (Fsp3) is 0. The molecule has 246 valence electrons. The second kappa shape index (κ2) is 10.9. The lowest BCUT2D eigenvalue weighted by Gasteiger charge is -2.19. The van der Waals surface area contributed by atoms with Gasteiger partial charge in [-0.3, -0.25) is 0 Å². The molecule has 0 amide bonds. The third-order valence-electron chi connectivity index (χ3n) is 11.1. The second-order valence-electron chi connectivity index (χ2n) is 13.9. The van der Waals surface area contributed by atoms with Crippen LogP contribution < -0.4 is 0 Å². The molecule has 0 saturated heterocycles. The Balaban J connectivity index is 1.15. The molecule has 0 saturated carbocycles. The third-order valence-corrected chi connectivity index (χ3v) is 12.1. The van der Waals surface area contributed by atoms with E-state index < -0.39 is 0 Å². The summed E-state index contributed by atoms with van der Waals surface area (Å²) >= 11 is 1.80. The summed E-state index contributed by atoms with van der Waals surface area (Å²) in [4.78, 5) is 0. The van der Waals surface area contributed by atoms with Gasteiger partial charge in [0, 0.05) is 37.2 Å². The fourth-order valence-electron chi connectivity index (χ4n) is 8.88. The van der Waals surface area contributed by atoms with E-state index in [1.807, 2.05) is 6.07 Å². The highest BCUT2D eigenvalue weighted by Gasteiger charge is 2.22. The van der Waals surface area contributed by atoms with Crippen molar-refractivity contribution in [1.29, 1.82) is 0 Å². The van der Waals surface area contributed by atoms with Gasteiger partial charge in [-0.15, -0.1) is 11.3 Å². The van der Waals surface area contributed by atoms with Crippen molar-refractivity contribution in [3.8, 4) is 33.4 Å². The molecule has 0 aliphatic heterocycles. The Kier molecular flexibility index (Phi) is 5.96. The molecule has 0 fully saturated rings. The van der Waals surface area contributed by atoms with E-state index in [1.165, 1.54) is 86.6 Å². The van der Waals surface area contributed by atoms with Gasteiger partial charge in [-0.1, -0.05) is 127 Å². The van der Waals surface area contributed by atoms with E-state index in [9.17, 15) is 0 Å². The first-order chi connectivity index (χ1) is 26.3. The summed E-state index contributed by atoms with van der Waals surface area (Å²) in [6.07, 6.45) is 0. The number of para-hydroxylation sites is 1. The summed E-state index contributed by atoms with van der Waals surface area (Å²) in [5.41, 5.74) is 10.9. The van der Waals surface area contributed by atoms with Crippen molar-refractivity contribution in [1.82, 2.24) is 0 Å². The van der Waals surface area contributed by atoms with E-state index in [0.29, 0.717) is 0 Å². The highest BCUT2D eigenvalue weighted by Crippen LogP contribution is 2.49. The van der Waals surface area contributed by atoms with Crippen molar-refractivity contribution in [3.05, 3.63) is 169 Å². The minimum atomic E-state index is 0.904. The SMILES string of the molecule is c1ccc(-c2csc3c2ccc2oc4ccc(-c5c6ccccc6c(-c6cc7oc8ccccc8c7c7ccccc67)c6ccccc56)cc4c23)cc1. The van der Waals surface area contributed by atoms with Crippen LogP contribution in [0.1, 0.15) is 0 Å². The Morgan fingerprint density at radius 3 is 1.66 bits per heavy atom. The lowest BCUT2D eigenvalue weighted by atomic mass is 9.84. The molecule has 12 aromatic rings. The molecule has 0 atom stereocenters. The van der Waals surface area contributed by atoms with Crippen molar-refractivity contribution in [2.24, 2.45) is 0 Å². The number of hydrogen-bond acceptors (Lipinski definition) is 3. The van der Waals surface area contributed by atoms with Gasteiger partial charge in [0.2, 0.25) is 0 Å². The molecule has 12 rings (SSSR count). The normalized spacial score (nSPS) is 12.2. The molecule has 3 aromatic heterocycles. The molecular formula is C50H28O2S. The lowest BCUT2D eigenvalue weighted by Crippen LogP contribution is -1.92. The summed E-state index contributed by atoms with van der Waals surface area (Å²) < 4.78 is 14.3. The number of fused-ring (bicyclic) bond motifs is 12. The van der Waals surface area contributed by atoms with Crippen LogP contribution >= 0.6 is 11.3 Å². The Labute approximate surface area is 307 Å². The van der Waals surface area contributed by atoms with E-state index in [4.69, 9.17) is 8.83 Å². The van der Waals surface area contributed by atoms with Gasteiger partial charge in [-0.25, -0.2) is 0 Å². The maximum Gasteiger partial charge on any atom is 0.136 e. The molecule has 3 heteroatoms. The van der Waals surface area contributed by atoms with Gasteiger partial charge in [0.05, 0.1) is 0 Å². The molecule has 3 heterocycles. The standard InChI is InChI=1S/C50H28O2S/c1-2-12-29(13-3-1)41-28-53-50-37(41)23-25-44-49(50)40-26-30(22-24-43(40)51-44)46-33-16-6-8-18-35(33)47(36-19-9-7-17-34(36)46)39-27-45-48(32-15-5-4-14-31(32)39)38-20-10-11-21-42(38)52-45/h1-28H. The predicted octanol–water partition coefficient (Wildman–Crippen LogP) is 15.2. The summed E-state index contributed by atoms with van der Waals surface area (Å²) in [7, 11) is 0. The molecular weight excluding hydrogens is 665 g/mol. The first kappa shape index (κ1) is 29.0. The van der Waals surface area contributed by atoms with Gasteiger partial charge in [0.1, 0.15) is 22.3 Å². The first-order valence-corrected chi connectivity index (χ1v) is 18.9.